The second-order valence-electron chi connectivity index (χ2n) is 6.93. The maximum atomic E-state index is 13.4. The lowest BCUT2D eigenvalue weighted by Crippen LogP contribution is -3.19. The molecule has 0 aromatic heterocycles. The second-order valence-corrected chi connectivity index (χ2v) is 8.87. The summed E-state index contributed by atoms with van der Waals surface area (Å²) in [5.74, 6) is -0.169. The van der Waals surface area contributed by atoms with E-state index in [1.54, 1.807) is 12.1 Å². The van der Waals surface area contributed by atoms with Gasteiger partial charge in [0.2, 0.25) is 10.0 Å². The number of nitrogens with zero attached hydrogens (tertiary/aromatic N) is 1. The van der Waals surface area contributed by atoms with Crippen LogP contribution in [-0.4, -0.2) is 58.0 Å². The maximum Gasteiger partial charge on any atom is 0.282 e. The zero-order chi connectivity index (χ0) is 21.0. The number of para-hydroxylation sites is 2. The van der Waals surface area contributed by atoms with Gasteiger partial charge in [-0.15, -0.1) is 0 Å². The number of halogens is 1. The average Bonchev–Trinajstić information content (AvgIpc) is 2.73. The molecule has 3 rings (SSSR count). The number of methoxy groups -OCH3 is 1. The van der Waals surface area contributed by atoms with Crippen molar-refractivity contribution in [3.63, 3.8) is 0 Å². The smallest absolute Gasteiger partial charge is 0.282 e. The van der Waals surface area contributed by atoms with Gasteiger partial charge >= 0.3 is 0 Å². The fourth-order valence-electron chi connectivity index (χ4n) is 3.40. The van der Waals surface area contributed by atoms with E-state index in [0.717, 1.165) is 11.0 Å². The van der Waals surface area contributed by atoms with Gasteiger partial charge in [0.15, 0.2) is 6.04 Å². The molecule has 0 spiro atoms. The Morgan fingerprint density at radius 3 is 2.52 bits per heavy atom. The lowest BCUT2D eigenvalue weighted by atomic mass is 10.2. The van der Waals surface area contributed by atoms with Crippen molar-refractivity contribution >= 4 is 21.6 Å². The van der Waals surface area contributed by atoms with E-state index in [4.69, 9.17) is 4.74 Å². The first-order valence-electron chi connectivity index (χ1n) is 9.37. The molecule has 2 aromatic carbocycles. The Balaban J connectivity index is 1.62. The largest absolute Gasteiger partial charge is 0.495 e. The first kappa shape index (κ1) is 21.2. The number of hydrogen-bond donors (Lipinski definition) is 2. The third kappa shape index (κ3) is 4.75. The van der Waals surface area contributed by atoms with Gasteiger partial charge < -0.3 is 15.0 Å². The van der Waals surface area contributed by atoms with Gasteiger partial charge in [0, 0.05) is 0 Å². The van der Waals surface area contributed by atoms with Crippen LogP contribution in [0, 0.1) is 5.82 Å². The summed E-state index contributed by atoms with van der Waals surface area (Å²) < 4.78 is 45.4. The predicted molar refractivity (Wildman–Crippen MR) is 107 cm³/mol. The third-order valence-electron chi connectivity index (χ3n) is 5.17. The van der Waals surface area contributed by atoms with E-state index in [2.05, 4.69) is 5.32 Å². The zero-order valence-electron chi connectivity index (χ0n) is 16.4. The molecule has 1 aliphatic heterocycles. The highest BCUT2D eigenvalue weighted by atomic mass is 32.2. The highest BCUT2D eigenvalue weighted by Crippen LogP contribution is 2.23. The second kappa shape index (κ2) is 8.89. The van der Waals surface area contributed by atoms with Gasteiger partial charge in [0.25, 0.3) is 5.91 Å². The molecule has 1 fully saturated rings. The monoisotopic (exact) mass is 422 g/mol. The number of carbonyl (C=O) groups excluding carboxylic acids is 1. The molecule has 7 nitrogen and oxygen atoms in total. The van der Waals surface area contributed by atoms with E-state index < -0.39 is 15.8 Å². The summed E-state index contributed by atoms with van der Waals surface area (Å²) in [7, 11) is -2.21. The van der Waals surface area contributed by atoms with Crippen LogP contribution < -0.4 is 15.0 Å². The summed E-state index contributed by atoms with van der Waals surface area (Å²) in [4.78, 5) is 13.6. The minimum absolute atomic E-state index is 0.0529. The van der Waals surface area contributed by atoms with E-state index in [1.165, 1.54) is 29.6 Å². The number of quaternary nitrogens is 1. The number of rotatable bonds is 6. The molecule has 1 heterocycles. The number of hydrogen-bond acceptors (Lipinski definition) is 4. The minimum atomic E-state index is -3.75. The van der Waals surface area contributed by atoms with Crippen molar-refractivity contribution < 1.29 is 27.2 Å². The lowest BCUT2D eigenvalue weighted by Gasteiger charge is -2.34. The Labute approximate surface area is 170 Å². The first-order valence-corrected chi connectivity index (χ1v) is 10.8. The summed E-state index contributed by atoms with van der Waals surface area (Å²) >= 11 is 0. The van der Waals surface area contributed by atoms with E-state index in [1.807, 2.05) is 19.1 Å². The van der Waals surface area contributed by atoms with E-state index in [0.29, 0.717) is 24.5 Å². The van der Waals surface area contributed by atoms with Gasteiger partial charge in [0.05, 0.1) is 43.9 Å². The number of anilines is 1. The van der Waals surface area contributed by atoms with Gasteiger partial charge in [-0.25, -0.2) is 12.8 Å². The number of amides is 1. The average molecular weight is 423 g/mol. The summed E-state index contributed by atoms with van der Waals surface area (Å²) in [6, 6.07) is 11.8. The van der Waals surface area contributed by atoms with Crippen LogP contribution in [0.4, 0.5) is 10.1 Å². The molecule has 0 aliphatic carbocycles. The molecule has 0 bridgehead atoms. The van der Waals surface area contributed by atoms with Crippen molar-refractivity contribution in [1.29, 1.82) is 0 Å². The standard InChI is InChI=1S/C20H24FN3O4S/c1-15(20(25)22-18-8-3-4-9-19(18)28-2)23-10-12-24(13-11-23)29(26,27)17-7-5-6-16(21)14-17/h3-9,14-15H,10-13H2,1-2H3,(H,22,25)/p+1/t15-/m0/s1. The maximum absolute atomic E-state index is 13.4. The Morgan fingerprint density at radius 2 is 1.86 bits per heavy atom. The highest BCUT2D eigenvalue weighted by Gasteiger charge is 2.34. The Hall–Kier alpha value is -2.49. The Kier molecular flexibility index (Phi) is 6.51. The quantitative estimate of drug-likeness (QED) is 0.720. The fourth-order valence-corrected chi connectivity index (χ4v) is 4.87. The van der Waals surface area contributed by atoms with Crippen molar-refractivity contribution in [3.8, 4) is 5.75 Å². The van der Waals surface area contributed by atoms with Crippen LogP contribution in [0.2, 0.25) is 0 Å². The summed E-state index contributed by atoms with van der Waals surface area (Å²) in [6.07, 6.45) is 0. The van der Waals surface area contributed by atoms with Gasteiger partial charge in [0.1, 0.15) is 11.6 Å². The summed E-state index contributed by atoms with van der Waals surface area (Å²) in [5.41, 5.74) is 0.596. The van der Waals surface area contributed by atoms with Crippen molar-refractivity contribution in [1.82, 2.24) is 4.31 Å². The predicted octanol–water partition coefficient (Wildman–Crippen LogP) is 0.751. The number of piperazine rings is 1. The molecule has 1 saturated heterocycles. The number of sulfonamides is 1. The van der Waals surface area contributed by atoms with Crippen LogP contribution in [0.3, 0.4) is 0 Å². The minimum Gasteiger partial charge on any atom is -0.495 e. The SMILES string of the molecule is COc1ccccc1NC(=O)[C@H](C)[NH+]1CCN(S(=O)(=O)c2cccc(F)c2)CC1. The number of benzene rings is 2. The highest BCUT2D eigenvalue weighted by molar-refractivity contribution is 7.89. The Morgan fingerprint density at radius 1 is 1.17 bits per heavy atom. The van der Waals surface area contributed by atoms with Crippen LogP contribution in [0.15, 0.2) is 53.4 Å². The van der Waals surface area contributed by atoms with Crippen LogP contribution in [0.25, 0.3) is 0 Å². The molecule has 0 radical (unpaired) electrons. The van der Waals surface area contributed by atoms with E-state index in [-0.39, 0.29) is 29.9 Å². The van der Waals surface area contributed by atoms with Gasteiger partial charge in [-0.05, 0) is 37.3 Å². The summed E-state index contributed by atoms with van der Waals surface area (Å²) in [6.45, 7) is 3.31. The van der Waals surface area contributed by atoms with Crippen LogP contribution in [0.5, 0.6) is 5.75 Å². The van der Waals surface area contributed by atoms with E-state index in [9.17, 15) is 17.6 Å². The van der Waals surface area contributed by atoms with Crippen LogP contribution in [0.1, 0.15) is 6.92 Å². The van der Waals surface area contributed by atoms with Crippen molar-refractivity contribution in [2.45, 2.75) is 17.9 Å². The molecule has 9 heteroatoms. The van der Waals surface area contributed by atoms with Gasteiger partial charge in [-0.3, -0.25) is 4.79 Å². The lowest BCUT2D eigenvalue weighted by molar-refractivity contribution is -0.917. The van der Waals surface area contributed by atoms with Crippen molar-refractivity contribution in [2.75, 3.05) is 38.6 Å². The zero-order valence-corrected chi connectivity index (χ0v) is 17.2. The molecule has 1 aliphatic rings. The molecule has 1 atom stereocenters. The molecule has 29 heavy (non-hydrogen) atoms. The third-order valence-corrected chi connectivity index (χ3v) is 7.06. The van der Waals surface area contributed by atoms with Gasteiger partial charge in [-0.2, -0.15) is 4.31 Å². The van der Waals surface area contributed by atoms with Gasteiger partial charge in [-0.1, -0.05) is 18.2 Å². The Bertz CT molecular complexity index is 975. The molecule has 2 aromatic rings. The van der Waals surface area contributed by atoms with Crippen LogP contribution >= 0.6 is 0 Å². The normalized spacial score (nSPS) is 16.9. The number of carbonyl (C=O) groups is 1. The fraction of sp³-hybridized carbons (Fsp3) is 0.350. The van der Waals surface area contributed by atoms with Crippen LogP contribution in [-0.2, 0) is 14.8 Å². The molecule has 2 N–H and O–H groups in total. The molecular formula is C20H25FN3O4S+. The van der Waals surface area contributed by atoms with Crippen molar-refractivity contribution in [2.24, 2.45) is 0 Å². The molecule has 156 valence electrons. The van der Waals surface area contributed by atoms with Crippen molar-refractivity contribution in [3.05, 3.63) is 54.3 Å². The summed E-state index contributed by atoms with van der Waals surface area (Å²) in [5, 5.41) is 2.87. The first-order chi connectivity index (χ1) is 13.8. The number of ether oxygens (including phenoxy) is 1. The van der Waals surface area contributed by atoms with E-state index >= 15 is 0 Å². The molecule has 1 amide bonds. The molecule has 0 saturated carbocycles. The number of nitrogens with one attached hydrogen (secondary N) is 2. The molecule has 0 unspecified atom stereocenters. The topological polar surface area (TPSA) is 80.2 Å². The molecular weight excluding hydrogens is 397 g/mol.